The van der Waals surface area contributed by atoms with E-state index in [0.717, 1.165) is 37.5 Å². The minimum Gasteiger partial charge on any atom is -0.389 e. The zero-order valence-electron chi connectivity index (χ0n) is 15.5. The third-order valence-corrected chi connectivity index (χ3v) is 6.85. The van der Waals surface area contributed by atoms with Crippen LogP contribution in [0.1, 0.15) is 52.4 Å². The van der Waals surface area contributed by atoms with Crippen LogP contribution < -0.4 is 0 Å². The molecule has 4 aliphatic carbocycles. The van der Waals surface area contributed by atoms with Crippen molar-refractivity contribution in [2.24, 2.45) is 23.2 Å². The van der Waals surface area contributed by atoms with Crippen molar-refractivity contribution >= 4 is 0 Å². The number of rotatable bonds is 6. The molecule has 1 heterocycles. The van der Waals surface area contributed by atoms with E-state index in [1.807, 2.05) is 0 Å². The molecule has 4 nitrogen and oxygen atoms in total. The molecule has 1 N–H and O–H groups in total. The second-order valence-corrected chi connectivity index (χ2v) is 9.56. The molecular weight excluding hydrogens is 302 g/mol. The van der Waals surface area contributed by atoms with Crippen molar-refractivity contribution < 1.29 is 14.6 Å². The van der Waals surface area contributed by atoms with E-state index in [1.54, 1.807) is 0 Å². The second-order valence-electron chi connectivity index (χ2n) is 9.56. The molecule has 3 atom stereocenters. The van der Waals surface area contributed by atoms with Gasteiger partial charge in [0.2, 0.25) is 0 Å². The van der Waals surface area contributed by atoms with Crippen LogP contribution in [-0.4, -0.2) is 61.2 Å². The van der Waals surface area contributed by atoms with Gasteiger partial charge in [-0.25, -0.2) is 0 Å². The van der Waals surface area contributed by atoms with Crippen molar-refractivity contribution in [1.82, 2.24) is 4.90 Å². The average Bonchev–Trinajstić information content (AvgIpc) is 2.44. The zero-order valence-corrected chi connectivity index (χ0v) is 15.5. The maximum atomic E-state index is 10.4. The molecule has 0 spiro atoms. The van der Waals surface area contributed by atoms with Crippen LogP contribution in [0.3, 0.4) is 0 Å². The number of aliphatic hydroxyl groups excluding tert-OH is 1. The molecule has 0 aromatic carbocycles. The van der Waals surface area contributed by atoms with Gasteiger partial charge >= 0.3 is 0 Å². The first kappa shape index (κ1) is 17.3. The molecule has 138 valence electrons. The summed E-state index contributed by atoms with van der Waals surface area (Å²) < 4.78 is 11.8. The Kier molecular flexibility index (Phi) is 4.94. The van der Waals surface area contributed by atoms with Gasteiger partial charge in [-0.15, -0.1) is 0 Å². The fraction of sp³-hybridized carbons (Fsp3) is 1.00. The summed E-state index contributed by atoms with van der Waals surface area (Å²) in [5.74, 6) is 2.92. The lowest BCUT2D eigenvalue weighted by Crippen LogP contribution is -2.49. The molecule has 0 amide bonds. The van der Waals surface area contributed by atoms with Crippen LogP contribution in [0.4, 0.5) is 0 Å². The van der Waals surface area contributed by atoms with Crippen LogP contribution in [0.2, 0.25) is 0 Å². The minimum atomic E-state index is -0.378. The molecule has 5 rings (SSSR count). The zero-order chi connectivity index (χ0) is 16.7. The number of β-amino-alcohol motifs (C(OH)–C–C–N with tert-alkyl or cyclic N) is 1. The highest BCUT2D eigenvalue weighted by molar-refractivity contribution is 5.01. The Bertz CT molecular complexity index is 395. The van der Waals surface area contributed by atoms with Crippen molar-refractivity contribution in [3.05, 3.63) is 0 Å². The van der Waals surface area contributed by atoms with Crippen molar-refractivity contribution in [3.8, 4) is 0 Å². The number of morpholine rings is 1. The number of nitrogens with zero attached hydrogens (tertiary/aromatic N) is 1. The molecule has 4 heteroatoms. The van der Waals surface area contributed by atoms with Gasteiger partial charge in [0.15, 0.2) is 0 Å². The fourth-order valence-electron chi connectivity index (χ4n) is 6.66. The molecule has 0 radical (unpaired) electrons. The quantitative estimate of drug-likeness (QED) is 0.809. The predicted octanol–water partition coefficient (Wildman–Crippen LogP) is 2.69. The molecule has 5 aliphatic rings. The van der Waals surface area contributed by atoms with Crippen molar-refractivity contribution in [2.45, 2.75) is 70.7 Å². The van der Waals surface area contributed by atoms with Gasteiger partial charge in [0, 0.05) is 19.6 Å². The van der Waals surface area contributed by atoms with Gasteiger partial charge in [-0.1, -0.05) is 0 Å². The summed E-state index contributed by atoms with van der Waals surface area (Å²) >= 11 is 0. The summed E-state index contributed by atoms with van der Waals surface area (Å²) in [6.45, 7) is 8.12. The lowest BCUT2D eigenvalue weighted by molar-refractivity contribution is -0.112. The third kappa shape index (κ3) is 3.82. The molecule has 24 heavy (non-hydrogen) atoms. The lowest BCUT2D eigenvalue weighted by atomic mass is 9.50. The summed E-state index contributed by atoms with van der Waals surface area (Å²) in [5.41, 5.74) is 0.455. The summed E-state index contributed by atoms with van der Waals surface area (Å²) in [7, 11) is 0. The topological polar surface area (TPSA) is 41.9 Å². The highest BCUT2D eigenvalue weighted by atomic mass is 16.5. The largest absolute Gasteiger partial charge is 0.389 e. The molecular formula is C20H35NO3. The van der Waals surface area contributed by atoms with Crippen molar-refractivity contribution in [3.63, 3.8) is 0 Å². The normalized spacial score (nSPS) is 46.4. The van der Waals surface area contributed by atoms with E-state index in [-0.39, 0.29) is 18.3 Å². The van der Waals surface area contributed by atoms with E-state index in [9.17, 15) is 5.11 Å². The van der Waals surface area contributed by atoms with E-state index in [4.69, 9.17) is 9.47 Å². The van der Waals surface area contributed by atoms with Crippen LogP contribution >= 0.6 is 0 Å². The van der Waals surface area contributed by atoms with Crippen LogP contribution in [0, 0.1) is 23.2 Å². The third-order valence-electron chi connectivity index (χ3n) is 6.85. The molecule has 4 bridgehead atoms. The Morgan fingerprint density at radius 2 is 1.58 bits per heavy atom. The van der Waals surface area contributed by atoms with Crippen LogP contribution in [0.25, 0.3) is 0 Å². The van der Waals surface area contributed by atoms with E-state index < -0.39 is 0 Å². The lowest BCUT2D eigenvalue weighted by Gasteiger charge is -2.56. The summed E-state index contributed by atoms with van der Waals surface area (Å²) in [6.07, 6.45) is 8.73. The fourth-order valence-corrected chi connectivity index (χ4v) is 6.66. The van der Waals surface area contributed by atoms with Gasteiger partial charge < -0.3 is 14.6 Å². The van der Waals surface area contributed by atoms with Gasteiger partial charge in [-0.3, -0.25) is 4.90 Å². The van der Waals surface area contributed by atoms with E-state index in [2.05, 4.69) is 18.7 Å². The number of hydrogen-bond acceptors (Lipinski definition) is 4. The summed E-state index contributed by atoms with van der Waals surface area (Å²) in [4.78, 5) is 2.32. The first-order chi connectivity index (χ1) is 11.5. The van der Waals surface area contributed by atoms with Gasteiger partial charge in [0.1, 0.15) is 0 Å². The standard InChI is InChI=1S/C20H35NO3/c1-14-9-21(10-15(2)24-14)11-19(22)12-23-13-20-6-16-3-17(7-20)5-18(4-16)8-20/h14-19,22H,3-13H2,1-2H3/t14-,15-,16?,17?,18?,19+,20?/m1/s1. The maximum absolute atomic E-state index is 10.4. The van der Waals surface area contributed by atoms with Crippen LogP contribution in [0.15, 0.2) is 0 Å². The minimum absolute atomic E-state index is 0.258. The SMILES string of the molecule is C[C@@H]1CN(C[C@H](O)COCC23CC4CC(CC(C4)C2)C3)C[C@@H](C)O1. The molecule has 1 aliphatic heterocycles. The number of ether oxygens (including phenoxy) is 2. The van der Waals surface area contributed by atoms with Crippen molar-refractivity contribution in [2.75, 3.05) is 32.8 Å². The van der Waals surface area contributed by atoms with E-state index in [0.29, 0.717) is 18.6 Å². The molecule has 4 saturated carbocycles. The molecule has 1 saturated heterocycles. The van der Waals surface area contributed by atoms with E-state index in [1.165, 1.54) is 38.5 Å². The molecule has 0 aromatic heterocycles. The number of aliphatic hydroxyl groups is 1. The Morgan fingerprint density at radius 1 is 1.04 bits per heavy atom. The van der Waals surface area contributed by atoms with Gasteiger partial charge in [-0.2, -0.15) is 0 Å². The van der Waals surface area contributed by atoms with Gasteiger partial charge in [0.05, 0.1) is 31.5 Å². The molecule has 0 unspecified atom stereocenters. The van der Waals surface area contributed by atoms with Crippen molar-refractivity contribution in [1.29, 1.82) is 0 Å². The van der Waals surface area contributed by atoms with Gasteiger partial charge in [0.25, 0.3) is 0 Å². The molecule has 0 aromatic rings. The van der Waals surface area contributed by atoms with Gasteiger partial charge in [-0.05, 0) is 75.5 Å². The number of hydrogen-bond donors (Lipinski definition) is 1. The van der Waals surface area contributed by atoms with E-state index >= 15 is 0 Å². The Hall–Kier alpha value is -0.160. The first-order valence-corrected chi connectivity index (χ1v) is 10.1. The second kappa shape index (κ2) is 6.86. The Balaban J connectivity index is 1.21. The smallest absolute Gasteiger partial charge is 0.0900 e. The summed E-state index contributed by atoms with van der Waals surface area (Å²) in [5, 5.41) is 10.4. The molecule has 5 fully saturated rings. The van der Waals surface area contributed by atoms with Crippen LogP contribution in [0.5, 0.6) is 0 Å². The Morgan fingerprint density at radius 3 is 2.12 bits per heavy atom. The summed E-state index contributed by atoms with van der Waals surface area (Å²) in [6, 6.07) is 0. The first-order valence-electron chi connectivity index (χ1n) is 10.1. The van der Waals surface area contributed by atoms with Crippen LogP contribution in [-0.2, 0) is 9.47 Å². The Labute approximate surface area is 146 Å². The average molecular weight is 338 g/mol. The highest BCUT2D eigenvalue weighted by Crippen LogP contribution is 2.60. The predicted molar refractivity (Wildman–Crippen MR) is 93.9 cm³/mol. The monoisotopic (exact) mass is 337 g/mol. The maximum Gasteiger partial charge on any atom is 0.0900 e. The highest BCUT2D eigenvalue weighted by Gasteiger charge is 2.50.